The van der Waals surface area contributed by atoms with Gasteiger partial charge in [0.1, 0.15) is 11.8 Å². The zero-order chi connectivity index (χ0) is 13.5. The Morgan fingerprint density at radius 3 is 2.53 bits per heavy atom. The van der Waals surface area contributed by atoms with Gasteiger partial charge in [-0.3, -0.25) is 0 Å². The number of carbonyl (C=O) groups is 1. The van der Waals surface area contributed by atoms with Gasteiger partial charge in [0.25, 0.3) is 0 Å². The van der Waals surface area contributed by atoms with Crippen LogP contribution in [0.15, 0.2) is 0 Å². The summed E-state index contributed by atoms with van der Waals surface area (Å²) in [6.07, 6.45) is -1.54. The van der Waals surface area contributed by atoms with E-state index in [1.54, 1.807) is 20.8 Å². The van der Waals surface area contributed by atoms with Crippen LogP contribution in [-0.2, 0) is 4.74 Å². The lowest BCUT2D eigenvalue weighted by Gasteiger charge is -2.23. The molecule has 102 valence electrons. The smallest absolute Gasteiger partial charge is 0.407 e. The topological polar surface area (TPSA) is 84.6 Å². The van der Waals surface area contributed by atoms with Gasteiger partial charge in [0.05, 0.1) is 12.6 Å². The van der Waals surface area contributed by atoms with Crippen LogP contribution in [0.5, 0.6) is 0 Å². The number of aliphatic hydroxyl groups is 1. The molecule has 0 spiro atoms. The van der Waals surface area contributed by atoms with Gasteiger partial charge in [-0.2, -0.15) is 0 Å². The summed E-state index contributed by atoms with van der Waals surface area (Å²) in [5, 5.41) is 11.4. The molecule has 0 fully saturated rings. The first-order valence-electron chi connectivity index (χ1n) is 5.73. The molecule has 0 aromatic heterocycles. The third-order valence-corrected chi connectivity index (χ3v) is 1.96. The molecule has 0 heterocycles. The van der Waals surface area contributed by atoms with Gasteiger partial charge in [0, 0.05) is 6.42 Å². The van der Waals surface area contributed by atoms with Crippen molar-refractivity contribution < 1.29 is 19.0 Å². The molecule has 0 aliphatic carbocycles. The molecule has 6 heteroatoms. The predicted octanol–water partition coefficient (Wildman–Crippen LogP) is 0.949. The molecule has 0 aromatic carbocycles. The quantitative estimate of drug-likeness (QED) is 0.655. The van der Waals surface area contributed by atoms with Crippen LogP contribution < -0.4 is 11.1 Å². The normalized spacial score (nSPS) is 15.2. The van der Waals surface area contributed by atoms with Crippen molar-refractivity contribution in [1.82, 2.24) is 5.32 Å². The fraction of sp³-hybridized carbons (Fsp3) is 0.909. The number of hydrogen-bond donors (Lipinski definition) is 3. The van der Waals surface area contributed by atoms with Crippen molar-refractivity contribution in [3.8, 4) is 0 Å². The number of hydrogen-bond acceptors (Lipinski definition) is 4. The van der Waals surface area contributed by atoms with E-state index in [-0.39, 0.29) is 26.0 Å². The number of amides is 1. The molecule has 2 atom stereocenters. The van der Waals surface area contributed by atoms with E-state index in [4.69, 9.17) is 15.6 Å². The van der Waals surface area contributed by atoms with Gasteiger partial charge in [0.2, 0.25) is 0 Å². The Morgan fingerprint density at radius 1 is 1.53 bits per heavy atom. The summed E-state index contributed by atoms with van der Waals surface area (Å²) in [5.41, 5.74) is 4.60. The Morgan fingerprint density at radius 2 is 2.12 bits per heavy atom. The van der Waals surface area contributed by atoms with Gasteiger partial charge in [-0.15, -0.1) is 0 Å². The van der Waals surface area contributed by atoms with E-state index in [0.29, 0.717) is 0 Å². The van der Waals surface area contributed by atoms with Gasteiger partial charge in [-0.25, -0.2) is 9.18 Å². The third-order valence-electron chi connectivity index (χ3n) is 1.96. The van der Waals surface area contributed by atoms with Gasteiger partial charge in [-0.05, 0) is 33.7 Å². The maximum atomic E-state index is 13.2. The Balaban J connectivity index is 4.08. The van der Waals surface area contributed by atoms with Crippen LogP contribution in [0.2, 0.25) is 0 Å². The summed E-state index contributed by atoms with van der Waals surface area (Å²) < 4.78 is 18.2. The van der Waals surface area contributed by atoms with E-state index >= 15 is 0 Å². The molecule has 0 aromatic rings. The van der Waals surface area contributed by atoms with Crippen molar-refractivity contribution in [2.45, 2.75) is 51.4 Å². The highest BCUT2D eigenvalue weighted by molar-refractivity contribution is 5.68. The second-order valence-electron chi connectivity index (χ2n) is 4.94. The number of ether oxygens (including phenoxy) is 1. The van der Waals surface area contributed by atoms with Crippen molar-refractivity contribution in [2.75, 3.05) is 13.2 Å². The molecule has 0 aliphatic heterocycles. The third kappa shape index (κ3) is 8.88. The molecule has 0 rings (SSSR count). The SMILES string of the molecule is CC(C)(C)OC(=O)N[C@H](CO)C[C@H](F)CCN. The molecule has 0 unspecified atom stereocenters. The van der Waals surface area contributed by atoms with Crippen molar-refractivity contribution in [3.05, 3.63) is 0 Å². The van der Waals surface area contributed by atoms with Crippen molar-refractivity contribution in [2.24, 2.45) is 5.73 Å². The van der Waals surface area contributed by atoms with Crippen molar-refractivity contribution in [1.29, 1.82) is 0 Å². The van der Waals surface area contributed by atoms with Crippen molar-refractivity contribution >= 4 is 6.09 Å². The van der Waals surface area contributed by atoms with E-state index < -0.39 is 23.9 Å². The summed E-state index contributed by atoms with van der Waals surface area (Å²) in [6, 6.07) is -0.647. The molecule has 0 radical (unpaired) electrons. The van der Waals surface area contributed by atoms with E-state index in [9.17, 15) is 9.18 Å². The largest absolute Gasteiger partial charge is 0.444 e. The van der Waals surface area contributed by atoms with E-state index in [0.717, 1.165) is 0 Å². The molecule has 4 N–H and O–H groups in total. The summed E-state index contributed by atoms with van der Waals surface area (Å²) in [5.74, 6) is 0. The second-order valence-corrected chi connectivity index (χ2v) is 4.94. The second kappa shape index (κ2) is 7.45. The lowest BCUT2D eigenvalue weighted by Crippen LogP contribution is -2.42. The number of alkyl halides is 1. The predicted molar refractivity (Wildman–Crippen MR) is 63.4 cm³/mol. The van der Waals surface area contributed by atoms with E-state index in [2.05, 4.69) is 5.32 Å². The van der Waals surface area contributed by atoms with Crippen LogP contribution in [0, 0.1) is 0 Å². The molecule has 1 amide bonds. The molecule has 0 aliphatic rings. The fourth-order valence-corrected chi connectivity index (χ4v) is 1.26. The summed E-state index contributed by atoms with van der Waals surface area (Å²) in [6.45, 7) is 5.10. The number of halogens is 1. The van der Waals surface area contributed by atoms with Crippen LogP contribution in [0.4, 0.5) is 9.18 Å². The monoisotopic (exact) mass is 250 g/mol. The van der Waals surface area contributed by atoms with Gasteiger partial charge in [-0.1, -0.05) is 0 Å². The fourth-order valence-electron chi connectivity index (χ4n) is 1.26. The Hall–Kier alpha value is -0.880. The lowest BCUT2D eigenvalue weighted by atomic mass is 10.1. The number of carbonyl (C=O) groups excluding carboxylic acids is 1. The molecule has 0 bridgehead atoms. The molecular formula is C11H23FN2O3. The first-order chi connectivity index (χ1) is 7.78. The Kier molecular flexibility index (Phi) is 7.06. The number of nitrogens with one attached hydrogen (secondary N) is 1. The molecule has 0 saturated carbocycles. The maximum Gasteiger partial charge on any atom is 0.407 e. The number of aliphatic hydroxyl groups excluding tert-OH is 1. The standard InChI is InChI=1S/C11H23FN2O3/c1-11(2,3)17-10(16)14-9(7-15)6-8(12)4-5-13/h8-9,15H,4-7,13H2,1-3H3,(H,14,16)/t8-,9+/m1/s1. The van der Waals surface area contributed by atoms with E-state index in [1.165, 1.54) is 0 Å². The van der Waals surface area contributed by atoms with Gasteiger partial charge < -0.3 is 20.9 Å². The maximum absolute atomic E-state index is 13.2. The van der Waals surface area contributed by atoms with Crippen LogP contribution in [0.1, 0.15) is 33.6 Å². The zero-order valence-corrected chi connectivity index (χ0v) is 10.7. The zero-order valence-electron chi connectivity index (χ0n) is 10.7. The van der Waals surface area contributed by atoms with Crippen molar-refractivity contribution in [3.63, 3.8) is 0 Å². The number of rotatable bonds is 6. The first-order valence-corrected chi connectivity index (χ1v) is 5.73. The van der Waals surface area contributed by atoms with Crippen LogP contribution in [-0.4, -0.2) is 42.2 Å². The van der Waals surface area contributed by atoms with Crippen LogP contribution in [0.3, 0.4) is 0 Å². The summed E-state index contributed by atoms with van der Waals surface area (Å²) >= 11 is 0. The highest BCUT2D eigenvalue weighted by Crippen LogP contribution is 2.09. The van der Waals surface area contributed by atoms with Gasteiger partial charge in [0.15, 0.2) is 0 Å². The molecule has 5 nitrogen and oxygen atoms in total. The lowest BCUT2D eigenvalue weighted by molar-refractivity contribution is 0.0468. The molecule has 0 saturated heterocycles. The molecular weight excluding hydrogens is 227 g/mol. The Bertz CT molecular complexity index is 231. The minimum Gasteiger partial charge on any atom is -0.444 e. The number of alkyl carbamates (subject to hydrolysis) is 1. The molecule has 17 heavy (non-hydrogen) atoms. The van der Waals surface area contributed by atoms with Crippen LogP contribution >= 0.6 is 0 Å². The van der Waals surface area contributed by atoms with E-state index in [1.807, 2.05) is 0 Å². The first kappa shape index (κ1) is 16.1. The summed E-state index contributed by atoms with van der Waals surface area (Å²) in [4.78, 5) is 11.4. The highest BCUT2D eigenvalue weighted by Gasteiger charge is 2.21. The minimum atomic E-state index is -1.13. The minimum absolute atomic E-state index is 0.0347. The highest BCUT2D eigenvalue weighted by atomic mass is 19.1. The average Bonchev–Trinajstić information content (AvgIpc) is 2.13. The average molecular weight is 250 g/mol. The number of nitrogens with two attached hydrogens (primary N) is 1. The van der Waals surface area contributed by atoms with Gasteiger partial charge >= 0.3 is 6.09 Å². The summed E-state index contributed by atoms with van der Waals surface area (Å²) in [7, 11) is 0. The van der Waals surface area contributed by atoms with Crippen LogP contribution in [0.25, 0.3) is 0 Å². The Labute approximate surface area is 102 Å².